The number of hydrogen-bond donors (Lipinski definition) is 0. The molecule has 1 aliphatic rings. The monoisotopic (exact) mass is 166 g/mol. The first-order valence-electron chi connectivity index (χ1n) is 5.08. The molecular weight excluding hydrogens is 144 g/mol. The molecule has 12 heavy (non-hydrogen) atoms. The second-order valence-corrected chi connectivity index (χ2v) is 5.38. The van der Waals surface area contributed by atoms with Gasteiger partial charge in [0.25, 0.3) is 0 Å². The quantitative estimate of drug-likeness (QED) is 0.555. The maximum Gasteiger partial charge on any atom is -0.0141 e. The molecule has 0 spiro atoms. The van der Waals surface area contributed by atoms with Gasteiger partial charge in [-0.25, -0.2) is 0 Å². The summed E-state index contributed by atoms with van der Waals surface area (Å²) in [7, 11) is 0. The summed E-state index contributed by atoms with van der Waals surface area (Å²) in [5.74, 6) is 0.896. The van der Waals surface area contributed by atoms with Gasteiger partial charge in [-0.2, -0.15) is 0 Å². The molecule has 0 aromatic heterocycles. The maximum absolute atomic E-state index is 2.40. The minimum Gasteiger partial charge on any atom is -0.0883 e. The Bertz CT molecular complexity index is 184. The second-order valence-electron chi connectivity index (χ2n) is 5.38. The van der Waals surface area contributed by atoms with Crippen LogP contribution in [0.1, 0.15) is 47.5 Å². The highest BCUT2D eigenvalue weighted by molar-refractivity contribution is 5.10. The first-order chi connectivity index (χ1) is 5.40. The van der Waals surface area contributed by atoms with E-state index in [0.29, 0.717) is 10.8 Å². The van der Waals surface area contributed by atoms with Crippen molar-refractivity contribution in [3.63, 3.8) is 0 Å². The Morgan fingerprint density at radius 2 is 1.92 bits per heavy atom. The number of allylic oxidation sites excluding steroid dienone is 2. The van der Waals surface area contributed by atoms with Crippen molar-refractivity contribution in [3.8, 4) is 0 Å². The standard InChI is InChI=1S/C12H22/c1-6-7-8-11(2,3)10-9-12(10,4)5/h7-8,10H,6,9H2,1-5H3. The molecule has 1 unspecified atom stereocenters. The maximum atomic E-state index is 2.40. The zero-order chi connectivity index (χ0) is 9.41. The van der Waals surface area contributed by atoms with Crippen LogP contribution in [0.2, 0.25) is 0 Å². The topological polar surface area (TPSA) is 0 Å². The third-order valence-corrected chi connectivity index (χ3v) is 3.19. The van der Waals surface area contributed by atoms with E-state index < -0.39 is 0 Å². The van der Waals surface area contributed by atoms with Crippen LogP contribution in [-0.4, -0.2) is 0 Å². The third-order valence-electron chi connectivity index (χ3n) is 3.19. The highest BCUT2D eigenvalue weighted by atomic mass is 14.6. The molecular formula is C12H22. The Morgan fingerprint density at radius 3 is 2.25 bits per heavy atom. The molecule has 1 fully saturated rings. The Hall–Kier alpha value is -0.260. The van der Waals surface area contributed by atoms with Gasteiger partial charge in [0.2, 0.25) is 0 Å². The predicted molar refractivity (Wildman–Crippen MR) is 55.1 cm³/mol. The van der Waals surface area contributed by atoms with Gasteiger partial charge in [0.05, 0.1) is 0 Å². The number of rotatable bonds is 3. The smallest absolute Gasteiger partial charge is 0.0141 e. The zero-order valence-corrected chi connectivity index (χ0v) is 9.15. The van der Waals surface area contributed by atoms with Crippen molar-refractivity contribution in [1.82, 2.24) is 0 Å². The molecule has 0 radical (unpaired) electrons. The fourth-order valence-corrected chi connectivity index (χ4v) is 2.28. The lowest BCUT2D eigenvalue weighted by molar-refractivity contribution is 0.346. The van der Waals surface area contributed by atoms with Gasteiger partial charge < -0.3 is 0 Å². The summed E-state index contributed by atoms with van der Waals surface area (Å²) in [6, 6.07) is 0. The summed E-state index contributed by atoms with van der Waals surface area (Å²) in [5.41, 5.74) is 1.01. The van der Waals surface area contributed by atoms with Crippen LogP contribution in [0.15, 0.2) is 12.2 Å². The third kappa shape index (κ3) is 1.91. The Morgan fingerprint density at radius 1 is 1.42 bits per heavy atom. The van der Waals surface area contributed by atoms with Gasteiger partial charge in [-0.3, -0.25) is 0 Å². The molecule has 1 aliphatic carbocycles. The van der Waals surface area contributed by atoms with Crippen molar-refractivity contribution >= 4 is 0 Å². The first kappa shape index (κ1) is 9.83. The summed E-state index contributed by atoms with van der Waals surface area (Å²) in [6.07, 6.45) is 7.26. The second kappa shape index (κ2) is 2.90. The normalized spacial score (nSPS) is 27.9. The van der Waals surface area contributed by atoms with Crippen LogP contribution in [0.4, 0.5) is 0 Å². The molecule has 0 aromatic carbocycles. The van der Waals surface area contributed by atoms with Crippen LogP contribution in [0.3, 0.4) is 0 Å². The van der Waals surface area contributed by atoms with E-state index in [4.69, 9.17) is 0 Å². The molecule has 70 valence electrons. The molecule has 0 N–H and O–H groups in total. The van der Waals surface area contributed by atoms with Crippen LogP contribution >= 0.6 is 0 Å². The summed E-state index contributed by atoms with van der Waals surface area (Å²) in [4.78, 5) is 0. The molecule has 0 aliphatic heterocycles. The molecule has 1 saturated carbocycles. The average Bonchev–Trinajstić information content (AvgIpc) is 2.57. The highest BCUT2D eigenvalue weighted by Gasteiger charge is 2.52. The van der Waals surface area contributed by atoms with Crippen molar-refractivity contribution in [2.45, 2.75) is 47.5 Å². The van der Waals surface area contributed by atoms with Gasteiger partial charge in [-0.05, 0) is 29.6 Å². The van der Waals surface area contributed by atoms with Gasteiger partial charge in [-0.15, -0.1) is 0 Å². The van der Waals surface area contributed by atoms with Crippen molar-refractivity contribution in [2.24, 2.45) is 16.7 Å². The van der Waals surface area contributed by atoms with Crippen molar-refractivity contribution in [3.05, 3.63) is 12.2 Å². The van der Waals surface area contributed by atoms with E-state index in [1.807, 2.05) is 0 Å². The molecule has 1 atom stereocenters. The van der Waals surface area contributed by atoms with Crippen molar-refractivity contribution in [1.29, 1.82) is 0 Å². The van der Waals surface area contributed by atoms with Crippen molar-refractivity contribution < 1.29 is 0 Å². The molecule has 0 aromatic rings. The SMILES string of the molecule is CCC=CC(C)(C)C1CC1(C)C. The number of hydrogen-bond acceptors (Lipinski definition) is 0. The fraction of sp³-hybridized carbons (Fsp3) is 0.833. The molecule has 1 rings (SSSR count). The average molecular weight is 166 g/mol. The molecule has 0 heterocycles. The van der Waals surface area contributed by atoms with Gasteiger partial charge in [0, 0.05) is 0 Å². The van der Waals surface area contributed by atoms with Gasteiger partial charge >= 0.3 is 0 Å². The van der Waals surface area contributed by atoms with Gasteiger partial charge in [0.15, 0.2) is 0 Å². The van der Waals surface area contributed by atoms with E-state index in [-0.39, 0.29) is 0 Å². The molecule has 0 nitrogen and oxygen atoms in total. The lowest BCUT2D eigenvalue weighted by Crippen LogP contribution is -2.14. The van der Waals surface area contributed by atoms with E-state index >= 15 is 0 Å². The fourth-order valence-electron chi connectivity index (χ4n) is 2.28. The molecule has 0 heteroatoms. The largest absolute Gasteiger partial charge is 0.0883 e. The molecule has 0 saturated heterocycles. The lowest BCUT2D eigenvalue weighted by atomic mass is 9.83. The lowest BCUT2D eigenvalue weighted by Gasteiger charge is -2.22. The van der Waals surface area contributed by atoms with E-state index in [1.165, 1.54) is 6.42 Å². The van der Waals surface area contributed by atoms with Crippen LogP contribution < -0.4 is 0 Å². The van der Waals surface area contributed by atoms with E-state index in [1.54, 1.807) is 0 Å². The van der Waals surface area contributed by atoms with Crippen molar-refractivity contribution in [2.75, 3.05) is 0 Å². The van der Waals surface area contributed by atoms with Crippen LogP contribution in [0, 0.1) is 16.7 Å². The summed E-state index contributed by atoms with van der Waals surface area (Å²) in [6.45, 7) is 11.7. The minimum absolute atomic E-state index is 0.416. The molecule has 0 bridgehead atoms. The Balaban J connectivity index is 2.56. The van der Waals surface area contributed by atoms with Gasteiger partial charge in [0.1, 0.15) is 0 Å². The first-order valence-corrected chi connectivity index (χ1v) is 5.08. The highest BCUT2D eigenvalue weighted by Crippen LogP contribution is 2.60. The Labute approximate surface area is 77.1 Å². The Kier molecular flexibility index (Phi) is 2.38. The van der Waals surface area contributed by atoms with E-state index in [9.17, 15) is 0 Å². The minimum atomic E-state index is 0.416. The van der Waals surface area contributed by atoms with Crippen LogP contribution in [-0.2, 0) is 0 Å². The van der Waals surface area contributed by atoms with E-state index in [2.05, 4.69) is 46.8 Å². The summed E-state index contributed by atoms with van der Waals surface area (Å²) in [5, 5.41) is 0. The van der Waals surface area contributed by atoms with Gasteiger partial charge in [-0.1, -0.05) is 46.8 Å². The zero-order valence-electron chi connectivity index (χ0n) is 9.15. The summed E-state index contributed by atoms with van der Waals surface area (Å²) < 4.78 is 0. The van der Waals surface area contributed by atoms with Crippen LogP contribution in [0.5, 0.6) is 0 Å². The van der Waals surface area contributed by atoms with E-state index in [0.717, 1.165) is 12.3 Å². The summed E-state index contributed by atoms with van der Waals surface area (Å²) >= 11 is 0. The van der Waals surface area contributed by atoms with Crippen LogP contribution in [0.25, 0.3) is 0 Å². The molecule has 0 amide bonds. The predicted octanol–water partition coefficient (Wildman–Crippen LogP) is 4.02.